The summed E-state index contributed by atoms with van der Waals surface area (Å²) in [5.41, 5.74) is 3.82. The Balaban J connectivity index is 1.51. The number of likely N-dealkylation sites (tertiary alicyclic amines) is 1. The van der Waals surface area contributed by atoms with E-state index in [4.69, 9.17) is 4.52 Å². The van der Waals surface area contributed by atoms with Gasteiger partial charge in [-0.15, -0.1) is 5.10 Å². The van der Waals surface area contributed by atoms with Gasteiger partial charge in [0.1, 0.15) is 5.76 Å². The zero-order valence-electron chi connectivity index (χ0n) is 15.3. The van der Waals surface area contributed by atoms with E-state index >= 15 is 0 Å². The molecule has 1 saturated heterocycles. The fourth-order valence-electron chi connectivity index (χ4n) is 3.58. The molecule has 0 aliphatic carbocycles. The van der Waals surface area contributed by atoms with Crippen molar-refractivity contribution in [2.45, 2.75) is 26.7 Å². The van der Waals surface area contributed by atoms with Crippen LogP contribution in [0.25, 0.3) is 11.3 Å². The van der Waals surface area contributed by atoms with Crippen LogP contribution in [-0.4, -0.2) is 49.2 Å². The molecule has 1 aliphatic rings. The fourth-order valence-corrected chi connectivity index (χ4v) is 3.58. The molecule has 0 bridgehead atoms. The Morgan fingerprint density at radius 1 is 1.26 bits per heavy atom. The molecule has 0 aromatic carbocycles. The molecule has 3 aromatic heterocycles. The molecular formula is C19H20N6O2. The van der Waals surface area contributed by atoms with Gasteiger partial charge in [-0.05, 0) is 44.7 Å². The number of nitrogens with zero attached hydrogens (tertiary/aromatic N) is 6. The van der Waals surface area contributed by atoms with E-state index < -0.39 is 0 Å². The number of carbonyl (C=O) groups is 1. The molecule has 0 N–H and O–H groups in total. The highest BCUT2D eigenvalue weighted by molar-refractivity contribution is 5.92. The fraction of sp³-hybridized carbons (Fsp3) is 0.368. The van der Waals surface area contributed by atoms with Gasteiger partial charge in [0.25, 0.3) is 5.91 Å². The minimum atomic E-state index is -0.0734. The van der Waals surface area contributed by atoms with E-state index in [0.717, 1.165) is 41.2 Å². The number of carbonyl (C=O) groups excluding carboxylic acids is 1. The average Bonchev–Trinajstić information content (AvgIpc) is 3.29. The first-order valence-corrected chi connectivity index (χ1v) is 8.93. The molecule has 0 radical (unpaired) electrons. The Labute approximate surface area is 156 Å². The van der Waals surface area contributed by atoms with Crippen molar-refractivity contribution >= 4 is 5.91 Å². The van der Waals surface area contributed by atoms with Crippen LogP contribution in [0, 0.1) is 19.8 Å². The lowest BCUT2D eigenvalue weighted by Gasteiger charge is -2.16. The van der Waals surface area contributed by atoms with Gasteiger partial charge in [0.05, 0.1) is 22.6 Å². The number of hydrogen-bond donors (Lipinski definition) is 0. The van der Waals surface area contributed by atoms with Crippen LogP contribution in [0.4, 0.5) is 0 Å². The third kappa shape index (κ3) is 3.42. The number of amides is 1. The molecule has 1 aliphatic heterocycles. The van der Waals surface area contributed by atoms with Gasteiger partial charge in [0.15, 0.2) is 5.69 Å². The largest absolute Gasteiger partial charge is 0.361 e. The summed E-state index contributed by atoms with van der Waals surface area (Å²) in [5.74, 6) is 0.984. The van der Waals surface area contributed by atoms with E-state index in [9.17, 15) is 4.79 Å². The SMILES string of the molecule is Cc1noc(C)c1-c1nccnc1C[C@H]1CCN(C(=O)c2cccnn2)C1. The maximum absolute atomic E-state index is 12.6. The molecule has 8 nitrogen and oxygen atoms in total. The van der Waals surface area contributed by atoms with Crippen LogP contribution in [0.3, 0.4) is 0 Å². The summed E-state index contributed by atoms with van der Waals surface area (Å²) in [5, 5.41) is 11.7. The molecule has 3 aromatic rings. The van der Waals surface area contributed by atoms with E-state index in [0.29, 0.717) is 24.7 Å². The van der Waals surface area contributed by atoms with Gasteiger partial charge in [-0.25, -0.2) is 0 Å². The van der Waals surface area contributed by atoms with Crippen molar-refractivity contribution in [3.63, 3.8) is 0 Å². The van der Waals surface area contributed by atoms with E-state index in [1.807, 2.05) is 18.7 Å². The lowest BCUT2D eigenvalue weighted by atomic mass is 9.98. The zero-order valence-corrected chi connectivity index (χ0v) is 15.3. The van der Waals surface area contributed by atoms with Crippen LogP contribution in [0.2, 0.25) is 0 Å². The molecule has 8 heteroatoms. The van der Waals surface area contributed by atoms with Crippen molar-refractivity contribution in [3.05, 3.63) is 53.6 Å². The van der Waals surface area contributed by atoms with Gasteiger partial charge in [0.2, 0.25) is 0 Å². The molecule has 1 fully saturated rings. The summed E-state index contributed by atoms with van der Waals surface area (Å²) < 4.78 is 5.29. The summed E-state index contributed by atoms with van der Waals surface area (Å²) in [6, 6.07) is 3.42. The first-order chi connectivity index (χ1) is 13.1. The van der Waals surface area contributed by atoms with Gasteiger partial charge in [-0.2, -0.15) is 5.10 Å². The van der Waals surface area contributed by atoms with E-state index in [2.05, 4.69) is 25.3 Å². The van der Waals surface area contributed by atoms with Crippen molar-refractivity contribution in [2.75, 3.05) is 13.1 Å². The highest BCUT2D eigenvalue weighted by Crippen LogP contribution is 2.30. The highest BCUT2D eigenvalue weighted by Gasteiger charge is 2.29. The van der Waals surface area contributed by atoms with E-state index in [1.165, 1.54) is 0 Å². The number of hydrogen-bond acceptors (Lipinski definition) is 7. The second kappa shape index (κ2) is 7.22. The van der Waals surface area contributed by atoms with Crippen LogP contribution in [-0.2, 0) is 6.42 Å². The summed E-state index contributed by atoms with van der Waals surface area (Å²) >= 11 is 0. The molecule has 0 saturated carbocycles. The molecule has 27 heavy (non-hydrogen) atoms. The van der Waals surface area contributed by atoms with Crippen LogP contribution in [0.15, 0.2) is 35.2 Å². The third-order valence-corrected chi connectivity index (χ3v) is 4.89. The maximum atomic E-state index is 12.6. The maximum Gasteiger partial charge on any atom is 0.274 e. The normalized spacial score (nSPS) is 16.7. The van der Waals surface area contributed by atoms with E-state index in [-0.39, 0.29) is 5.91 Å². The average molecular weight is 364 g/mol. The van der Waals surface area contributed by atoms with Crippen LogP contribution in [0.5, 0.6) is 0 Å². The Kier molecular flexibility index (Phi) is 4.62. The predicted octanol–water partition coefficient (Wildman–Crippen LogP) is 2.24. The summed E-state index contributed by atoms with van der Waals surface area (Å²) in [6.45, 7) is 5.17. The van der Waals surface area contributed by atoms with Crippen LogP contribution in [0.1, 0.15) is 34.1 Å². The first-order valence-electron chi connectivity index (χ1n) is 8.93. The molecular weight excluding hydrogens is 344 g/mol. The number of rotatable bonds is 4. The van der Waals surface area contributed by atoms with E-state index in [1.54, 1.807) is 30.7 Å². The third-order valence-electron chi connectivity index (χ3n) is 4.89. The van der Waals surface area contributed by atoms with Crippen molar-refractivity contribution < 1.29 is 9.32 Å². The lowest BCUT2D eigenvalue weighted by molar-refractivity contribution is 0.0780. The second-order valence-corrected chi connectivity index (χ2v) is 6.77. The van der Waals surface area contributed by atoms with Crippen LogP contribution < -0.4 is 0 Å². The molecule has 4 rings (SSSR count). The predicted molar refractivity (Wildman–Crippen MR) is 96.7 cm³/mol. The monoisotopic (exact) mass is 364 g/mol. The first kappa shape index (κ1) is 17.3. The van der Waals surface area contributed by atoms with Gasteiger partial charge >= 0.3 is 0 Å². The summed E-state index contributed by atoms with van der Waals surface area (Å²) in [4.78, 5) is 23.5. The smallest absolute Gasteiger partial charge is 0.274 e. The Morgan fingerprint density at radius 2 is 2.11 bits per heavy atom. The Hall–Kier alpha value is -3.16. The molecule has 1 atom stereocenters. The Morgan fingerprint density at radius 3 is 2.85 bits per heavy atom. The molecule has 1 amide bonds. The van der Waals surface area contributed by atoms with Gasteiger partial charge in [-0.1, -0.05) is 5.16 Å². The minimum absolute atomic E-state index is 0.0734. The summed E-state index contributed by atoms with van der Waals surface area (Å²) in [6.07, 6.45) is 6.62. The van der Waals surface area contributed by atoms with Gasteiger partial charge < -0.3 is 9.42 Å². The summed E-state index contributed by atoms with van der Waals surface area (Å²) in [7, 11) is 0. The molecule has 0 spiro atoms. The topological polar surface area (TPSA) is 97.9 Å². The van der Waals surface area contributed by atoms with Gasteiger partial charge in [-0.3, -0.25) is 14.8 Å². The Bertz CT molecular complexity index is 936. The highest BCUT2D eigenvalue weighted by atomic mass is 16.5. The number of aryl methyl sites for hydroxylation is 2. The lowest BCUT2D eigenvalue weighted by Crippen LogP contribution is -2.29. The standard InChI is InChI=1S/C19H20N6O2/c1-12-17(13(2)27-24-12)18-16(20-7-8-21-18)10-14-5-9-25(11-14)19(26)15-4-3-6-22-23-15/h3-4,6-8,14H,5,9-11H2,1-2H3/t14-/m1/s1. The molecule has 138 valence electrons. The quantitative estimate of drug-likeness (QED) is 0.700. The van der Waals surface area contributed by atoms with Crippen molar-refractivity contribution in [1.29, 1.82) is 0 Å². The molecule has 4 heterocycles. The van der Waals surface area contributed by atoms with Crippen molar-refractivity contribution in [1.82, 2.24) is 30.2 Å². The molecule has 0 unspecified atom stereocenters. The number of aromatic nitrogens is 5. The zero-order chi connectivity index (χ0) is 18.8. The van der Waals surface area contributed by atoms with Crippen molar-refractivity contribution in [3.8, 4) is 11.3 Å². The second-order valence-electron chi connectivity index (χ2n) is 6.77. The minimum Gasteiger partial charge on any atom is -0.361 e. The van der Waals surface area contributed by atoms with Gasteiger partial charge in [0, 0.05) is 31.7 Å². The van der Waals surface area contributed by atoms with Crippen LogP contribution >= 0.6 is 0 Å². The van der Waals surface area contributed by atoms with Crippen molar-refractivity contribution in [2.24, 2.45) is 5.92 Å².